The number of fused-ring (bicyclic) bond motifs is 2. The van der Waals surface area contributed by atoms with Crippen LogP contribution in [-0.4, -0.2) is 41.1 Å². The van der Waals surface area contributed by atoms with Gasteiger partial charge in [0.05, 0.1) is 25.8 Å². The van der Waals surface area contributed by atoms with E-state index in [-0.39, 0.29) is 22.7 Å². The molecule has 0 saturated heterocycles. The molecular formula is C33H26BrF2N3O6. The van der Waals surface area contributed by atoms with Gasteiger partial charge in [0, 0.05) is 58.6 Å². The summed E-state index contributed by atoms with van der Waals surface area (Å²) in [6.07, 6.45) is 4.41. The first kappa shape index (κ1) is 30.1. The topological polar surface area (TPSA) is 101 Å². The van der Waals surface area contributed by atoms with Crippen LogP contribution in [0.4, 0.5) is 14.5 Å². The number of hydrogen-bond donors (Lipinski definition) is 1. The second-order valence-electron chi connectivity index (χ2n) is 10.0. The van der Waals surface area contributed by atoms with Crippen LogP contribution in [0, 0.1) is 11.6 Å². The Hall–Kier alpha value is -4.97. The highest BCUT2D eigenvalue weighted by Gasteiger charge is 2.27. The summed E-state index contributed by atoms with van der Waals surface area (Å²) >= 11 is 3.38. The molecule has 0 fully saturated rings. The van der Waals surface area contributed by atoms with E-state index in [4.69, 9.17) is 18.9 Å². The summed E-state index contributed by atoms with van der Waals surface area (Å²) in [5.74, 6) is -0.571. The Kier molecular flexibility index (Phi) is 8.65. The van der Waals surface area contributed by atoms with Crippen molar-refractivity contribution in [3.8, 4) is 34.4 Å². The minimum Gasteiger partial charge on any atom is -0.493 e. The highest BCUT2D eigenvalue weighted by Crippen LogP contribution is 2.38. The first-order chi connectivity index (χ1) is 21.9. The zero-order chi connectivity index (χ0) is 31.5. The number of rotatable bonds is 10. The monoisotopic (exact) mass is 677 g/mol. The molecule has 0 radical (unpaired) electrons. The number of nitrogens with zero attached hydrogens (tertiary/aromatic N) is 2. The molecule has 12 heteroatoms. The minimum absolute atomic E-state index is 0.0970. The molecule has 0 atom stereocenters. The molecule has 5 aromatic rings. The van der Waals surface area contributed by atoms with E-state index in [2.05, 4.69) is 26.2 Å². The van der Waals surface area contributed by atoms with Crippen LogP contribution in [0.5, 0.6) is 28.7 Å². The summed E-state index contributed by atoms with van der Waals surface area (Å²) in [6, 6.07) is 14.3. The van der Waals surface area contributed by atoms with Crippen molar-refractivity contribution >= 4 is 38.4 Å². The molecule has 0 spiro atoms. The first-order valence-electron chi connectivity index (χ1n) is 14.0. The maximum atomic E-state index is 15.3. The third-order valence-corrected chi connectivity index (χ3v) is 7.68. The molecule has 0 bridgehead atoms. The molecule has 1 N–H and O–H groups in total. The lowest BCUT2D eigenvalue weighted by Gasteiger charge is -2.15. The molecule has 0 saturated carbocycles. The number of methoxy groups -OCH3 is 1. The van der Waals surface area contributed by atoms with Crippen molar-refractivity contribution in [3.63, 3.8) is 0 Å². The number of carbonyl (C=O) groups excluding carboxylic acids is 1. The fourth-order valence-corrected chi connectivity index (χ4v) is 5.18. The van der Waals surface area contributed by atoms with Gasteiger partial charge in [-0.3, -0.25) is 19.1 Å². The van der Waals surface area contributed by atoms with Crippen molar-refractivity contribution < 1.29 is 32.5 Å². The van der Waals surface area contributed by atoms with E-state index < -0.39 is 23.1 Å². The van der Waals surface area contributed by atoms with Crippen LogP contribution >= 0.6 is 15.9 Å². The van der Waals surface area contributed by atoms with Gasteiger partial charge < -0.3 is 24.3 Å². The number of aromatic nitrogens is 2. The number of pyridine rings is 2. The molecule has 45 heavy (non-hydrogen) atoms. The number of nitrogens with one attached hydrogen (secondary N) is 1. The second-order valence-corrected chi connectivity index (χ2v) is 10.8. The predicted octanol–water partition coefficient (Wildman–Crippen LogP) is 6.82. The van der Waals surface area contributed by atoms with E-state index in [1.165, 1.54) is 54.3 Å². The third-order valence-electron chi connectivity index (χ3n) is 7.12. The van der Waals surface area contributed by atoms with Crippen LogP contribution in [0.25, 0.3) is 16.6 Å². The van der Waals surface area contributed by atoms with Crippen LogP contribution in [0.1, 0.15) is 22.3 Å². The summed E-state index contributed by atoms with van der Waals surface area (Å²) in [6.45, 7) is 0.783. The molecule has 1 aliphatic heterocycles. The molecule has 2 aromatic heterocycles. The van der Waals surface area contributed by atoms with Gasteiger partial charge in [-0.25, -0.2) is 8.78 Å². The van der Waals surface area contributed by atoms with Crippen molar-refractivity contribution in [1.82, 2.24) is 9.55 Å². The van der Waals surface area contributed by atoms with Gasteiger partial charge >= 0.3 is 0 Å². The Morgan fingerprint density at radius 1 is 1.04 bits per heavy atom. The Morgan fingerprint density at radius 2 is 1.87 bits per heavy atom. The maximum absolute atomic E-state index is 15.3. The molecule has 0 aliphatic carbocycles. The van der Waals surface area contributed by atoms with Gasteiger partial charge in [0.1, 0.15) is 22.9 Å². The van der Waals surface area contributed by atoms with Crippen molar-refractivity contribution in [2.45, 2.75) is 12.8 Å². The van der Waals surface area contributed by atoms with E-state index in [9.17, 15) is 14.0 Å². The number of benzene rings is 3. The maximum Gasteiger partial charge on any atom is 0.271 e. The molecule has 230 valence electrons. The Bertz CT molecular complexity index is 1970. The Labute approximate surface area is 264 Å². The fourth-order valence-electron chi connectivity index (χ4n) is 4.95. The molecular weight excluding hydrogens is 652 g/mol. The smallest absolute Gasteiger partial charge is 0.271 e. The summed E-state index contributed by atoms with van der Waals surface area (Å²) in [5.41, 5.74) is 0.810. The van der Waals surface area contributed by atoms with Gasteiger partial charge in [0.25, 0.3) is 11.5 Å². The molecule has 0 unspecified atom stereocenters. The van der Waals surface area contributed by atoms with Gasteiger partial charge in [0.15, 0.2) is 23.1 Å². The second kappa shape index (κ2) is 12.9. The van der Waals surface area contributed by atoms with E-state index in [1.807, 2.05) is 0 Å². The largest absolute Gasteiger partial charge is 0.493 e. The lowest BCUT2D eigenvalue weighted by Crippen LogP contribution is -2.29. The van der Waals surface area contributed by atoms with Gasteiger partial charge in [-0.15, -0.1) is 0 Å². The van der Waals surface area contributed by atoms with Gasteiger partial charge in [-0.2, -0.15) is 0 Å². The Balaban J connectivity index is 1.26. The number of halogens is 3. The van der Waals surface area contributed by atoms with Crippen LogP contribution in [0.2, 0.25) is 0 Å². The quantitative estimate of drug-likeness (QED) is 0.128. The SMILES string of the molecule is COc1cc2c(Oc3ccc(NC(=O)c4c5c(cn(-c6ccc(F)cc6)c4=O)CCO5)cc3F)ccnc2cc1OCCCBr. The number of amides is 1. The number of ether oxygens (including phenoxy) is 4. The summed E-state index contributed by atoms with van der Waals surface area (Å²) in [5, 5.41) is 3.97. The van der Waals surface area contributed by atoms with Crippen LogP contribution in [0.3, 0.4) is 0 Å². The molecule has 3 aromatic carbocycles. The Morgan fingerprint density at radius 3 is 2.62 bits per heavy atom. The van der Waals surface area contributed by atoms with Crippen LogP contribution in [0.15, 0.2) is 77.9 Å². The lowest BCUT2D eigenvalue weighted by atomic mass is 10.1. The average molecular weight is 678 g/mol. The normalized spacial score (nSPS) is 12.0. The highest BCUT2D eigenvalue weighted by atomic mass is 79.9. The van der Waals surface area contributed by atoms with Crippen molar-refractivity contribution in [3.05, 3.63) is 106 Å². The molecule has 1 amide bonds. The van der Waals surface area contributed by atoms with E-state index >= 15 is 4.39 Å². The summed E-state index contributed by atoms with van der Waals surface area (Å²) in [4.78, 5) is 31.2. The molecule has 9 nitrogen and oxygen atoms in total. The molecule has 1 aliphatic rings. The minimum atomic E-state index is -0.774. The zero-order valence-corrected chi connectivity index (χ0v) is 25.5. The first-order valence-corrected chi connectivity index (χ1v) is 15.1. The van der Waals surface area contributed by atoms with Gasteiger partial charge in [0.2, 0.25) is 0 Å². The highest BCUT2D eigenvalue weighted by molar-refractivity contribution is 9.09. The van der Waals surface area contributed by atoms with E-state index in [0.29, 0.717) is 59.0 Å². The van der Waals surface area contributed by atoms with Gasteiger partial charge in [-0.05, 0) is 55.0 Å². The van der Waals surface area contributed by atoms with Crippen LogP contribution < -0.4 is 29.8 Å². The molecule has 3 heterocycles. The fraction of sp³-hybridized carbons (Fsp3) is 0.182. The average Bonchev–Trinajstić information content (AvgIpc) is 3.50. The third kappa shape index (κ3) is 6.18. The standard InChI is InChI=1S/C33H26BrF2N3O6/c1-42-28-16-23-25(17-29(28)43-13-2-11-34)37-12-9-26(23)45-27-8-5-21(15-24(27)36)38-32(40)30-31-19(10-14-44-31)18-39(33(30)41)22-6-3-20(35)4-7-22/h3-9,12,15-18H,2,10-11,13-14H2,1H3,(H,38,40). The van der Waals surface area contributed by atoms with Crippen molar-refractivity contribution in [2.24, 2.45) is 0 Å². The number of hydrogen-bond acceptors (Lipinski definition) is 7. The van der Waals surface area contributed by atoms with Crippen LogP contribution in [-0.2, 0) is 6.42 Å². The van der Waals surface area contributed by atoms with E-state index in [1.54, 1.807) is 24.4 Å². The summed E-state index contributed by atoms with van der Waals surface area (Å²) < 4.78 is 53.0. The van der Waals surface area contributed by atoms with Crippen molar-refractivity contribution in [1.29, 1.82) is 0 Å². The zero-order valence-electron chi connectivity index (χ0n) is 23.9. The summed E-state index contributed by atoms with van der Waals surface area (Å²) in [7, 11) is 1.52. The molecule has 6 rings (SSSR count). The number of carbonyl (C=O) groups is 1. The number of alkyl halides is 1. The lowest BCUT2D eigenvalue weighted by molar-refractivity contribution is 0.102. The van der Waals surface area contributed by atoms with E-state index in [0.717, 1.165) is 17.8 Å². The number of anilines is 1. The van der Waals surface area contributed by atoms with Crippen molar-refractivity contribution in [2.75, 3.05) is 31.0 Å². The predicted molar refractivity (Wildman–Crippen MR) is 168 cm³/mol. The van der Waals surface area contributed by atoms with Gasteiger partial charge in [-0.1, -0.05) is 15.9 Å².